The van der Waals surface area contributed by atoms with E-state index in [-0.39, 0.29) is 5.91 Å². The van der Waals surface area contributed by atoms with Crippen molar-refractivity contribution in [3.63, 3.8) is 0 Å². The third kappa shape index (κ3) is 1.76. The van der Waals surface area contributed by atoms with E-state index in [4.69, 9.17) is 0 Å². The topological polar surface area (TPSA) is 54.9 Å². The number of fused-ring (bicyclic) bond motifs is 3. The van der Waals surface area contributed by atoms with Crippen LogP contribution in [0.15, 0.2) is 24.4 Å². The second-order valence-electron chi connectivity index (χ2n) is 4.57. The molecule has 2 aromatic rings. The van der Waals surface area contributed by atoms with E-state index < -0.39 is 0 Å². The maximum atomic E-state index is 11.8. The molecule has 4 nitrogen and oxygen atoms in total. The maximum Gasteiger partial charge on any atom is 0.228 e. The van der Waals surface area contributed by atoms with Crippen LogP contribution in [0.25, 0.3) is 11.3 Å². The molecule has 4 heteroatoms. The van der Waals surface area contributed by atoms with Crippen molar-refractivity contribution < 1.29 is 4.79 Å². The van der Waals surface area contributed by atoms with Crippen LogP contribution >= 0.6 is 0 Å². The van der Waals surface area contributed by atoms with Crippen molar-refractivity contribution in [3.8, 4) is 11.3 Å². The van der Waals surface area contributed by atoms with Crippen molar-refractivity contribution >= 4 is 11.6 Å². The fourth-order valence-electron chi connectivity index (χ4n) is 2.19. The molecule has 90 valence electrons. The van der Waals surface area contributed by atoms with Gasteiger partial charge in [0, 0.05) is 17.3 Å². The molecule has 0 atom stereocenters. The van der Waals surface area contributed by atoms with Crippen molar-refractivity contribution in [1.82, 2.24) is 9.97 Å². The molecule has 1 amide bonds. The Labute approximate surface area is 105 Å². The van der Waals surface area contributed by atoms with Gasteiger partial charge in [-0.15, -0.1) is 0 Å². The van der Waals surface area contributed by atoms with Gasteiger partial charge in [0.25, 0.3) is 0 Å². The fourth-order valence-corrected chi connectivity index (χ4v) is 2.19. The molecule has 0 unspecified atom stereocenters. The lowest BCUT2D eigenvalue weighted by Gasteiger charge is -2.09. The van der Waals surface area contributed by atoms with Gasteiger partial charge in [0.1, 0.15) is 5.82 Å². The van der Waals surface area contributed by atoms with Crippen molar-refractivity contribution in [2.45, 2.75) is 20.3 Å². The number of nitrogens with one attached hydrogen (secondary N) is 1. The molecule has 0 aliphatic carbocycles. The smallest absolute Gasteiger partial charge is 0.228 e. The van der Waals surface area contributed by atoms with Gasteiger partial charge < -0.3 is 5.32 Å². The molecule has 1 N–H and O–H groups in total. The SMILES string of the molecule is Cc1ccc2c(c1)-c1nc(C)ncc1CC(=O)N2. The molecule has 0 radical (unpaired) electrons. The quantitative estimate of drug-likeness (QED) is 0.767. The van der Waals surface area contributed by atoms with Crippen molar-refractivity contribution in [2.75, 3.05) is 5.32 Å². The zero-order valence-corrected chi connectivity index (χ0v) is 10.3. The van der Waals surface area contributed by atoms with E-state index in [0.717, 1.165) is 33.9 Å². The van der Waals surface area contributed by atoms with Crippen LogP contribution in [0.1, 0.15) is 17.0 Å². The molecule has 2 heterocycles. The van der Waals surface area contributed by atoms with Gasteiger partial charge in [0.15, 0.2) is 0 Å². The lowest BCUT2D eigenvalue weighted by Crippen LogP contribution is -2.12. The van der Waals surface area contributed by atoms with Crippen LogP contribution in [0.3, 0.4) is 0 Å². The van der Waals surface area contributed by atoms with Crippen LogP contribution in [-0.4, -0.2) is 15.9 Å². The summed E-state index contributed by atoms with van der Waals surface area (Å²) in [6.07, 6.45) is 2.07. The van der Waals surface area contributed by atoms with E-state index in [2.05, 4.69) is 15.3 Å². The van der Waals surface area contributed by atoms with E-state index in [1.807, 2.05) is 32.0 Å². The van der Waals surface area contributed by atoms with Crippen molar-refractivity contribution in [3.05, 3.63) is 41.3 Å². The van der Waals surface area contributed by atoms with Gasteiger partial charge in [0.2, 0.25) is 5.91 Å². The molecule has 0 saturated carbocycles. The minimum atomic E-state index is -0.0219. The molecule has 0 saturated heterocycles. The summed E-state index contributed by atoms with van der Waals surface area (Å²) in [4.78, 5) is 20.5. The zero-order chi connectivity index (χ0) is 12.7. The number of hydrogen-bond donors (Lipinski definition) is 1. The molecule has 18 heavy (non-hydrogen) atoms. The second kappa shape index (κ2) is 3.91. The van der Waals surface area contributed by atoms with Crippen LogP contribution in [-0.2, 0) is 11.2 Å². The first-order valence-electron chi connectivity index (χ1n) is 5.87. The summed E-state index contributed by atoms with van der Waals surface area (Å²) in [6, 6.07) is 5.96. The predicted molar refractivity (Wildman–Crippen MR) is 69.3 cm³/mol. The summed E-state index contributed by atoms with van der Waals surface area (Å²) < 4.78 is 0. The van der Waals surface area contributed by atoms with E-state index in [1.54, 1.807) is 6.20 Å². The monoisotopic (exact) mass is 239 g/mol. The van der Waals surface area contributed by atoms with Crippen LogP contribution in [0.4, 0.5) is 5.69 Å². The summed E-state index contributed by atoms with van der Waals surface area (Å²) in [5.74, 6) is 0.696. The van der Waals surface area contributed by atoms with Gasteiger partial charge in [-0.3, -0.25) is 4.79 Å². The number of hydrogen-bond acceptors (Lipinski definition) is 3. The summed E-state index contributed by atoms with van der Waals surface area (Å²) in [7, 11) is 0. The van der Waals surface area contributed by atoms with Crippen LogP contribution < -0.4 is 5.32 Å². The first kappa shape index (κ1) is 10.9. The van der Waals surface area contributed by atoms with Crippen LogP contribution in [0.5, 0.6) is 0 Å². The number of rotatable bonds is 0. The molecule has 3 rings (SSSR count). The van der Waals surface area contributed by atoms with Gasteiger partial charge >= 0.3 is 0 Å². The standard InChI is InChI=1S/C14H13N3O/c1-8-3-4-12-11(5-8)14-10(6-13(18)17-12)7-15-9(2)16-14/h3-5,7H,6H2,1-2H3,(H,17,18). The van der Waals surface area contributed by atoms with Gasteiger partial charge in [-0.25, -0.2) is 9.97 Å². The predicted octanol–water partition coefficient (Wildman–Crippen LogP) is 2.26. The molecule has 1 aliphatic heterocycles. The van der Waals surface area contributed by atoms with Crippen molar-refractivity contribution in [1.29, 1.82) is 0 Å². The lowest BCUT2D eigenvalue weighted by atomic mass is 10.0. The van der Waals surface area contributed by atoms with Gasteiger partial charge in [-0.2, -0.15) is 0 Å². The highest BCUT2D eigenvalue weighted by Gasteiger charge is 2.20. The lowest BCUT2D eigenvalue weighted by molar-refractivity contribution is -0.115. The molecular weight excluding hydrogens is 226 g/mol. The highest BCUT2D eigenvalue weighted by atomic mass is 16.1. The number of benzene rings is 1. The Morgan fingerprint density at radius 1 is 1.28 bits per heavy atom. The summed E-state index contributed by atoms with van der Waals surface area (Å²) in [5, 5.41) is 2.91. The van der Waals surface area contributed by atoms with E-state index in [0.29, 0.717) is 6.42 Å². The molecule has 1 aromatic heterocycles. The van der Waals surface area contributed by atoms with Crippen LogP contribution in [0.2, 0.25) is 0 Å². The molecule has 1 aliphatic rings. The number of amides is 1. The van der Waals surface area contributed by atoms with Gasteiger partial charge in [-0.05, 0) is 26.0 Å². The Balaban J connectivity index is 2.32. The van der Waals surface area contributed by atoms with Crippen molar-refractivity contribution in [2.24, 2.45) is 0 Å². The fraction of sp³-hybridized carbons (Fsp3) is 0.214. The zero-order valence-electron chi connectivity index (χ0n) is 10.3. The minimum absolute atomic E-state index is 0.0219. The number of aryl methyl sites for hydroxylation is 2. The normalized spacial score (nSPS) is 13.3. The number of anilines is 1. The molecule has 0 fully saturated rings. The van der Waals surface area contributed by atoms with E-state index in [9.17, 15) is 4.79 Å². The maximum absolute atomic E-state index is 11.8. The first-order valence-corrected chi connectivity index (χ1v) is 5.87. The third-order valence-corrected chi connectivity index (χ3v) is 3.04. The Hall–Kier alpha value is -2.23. The Bertz CT molecular complexity index is 594. The third-order valence-electron chi connectivity index (χ3n) is 3.04. The number of carbonyl (C=O) groups is 1. The van der Waals surface area contributed by atoms with Gasteiger partial charge in [-0.1, -0.05) is 11.6 Å². The van der Waals surface area contributed by atoms with E-state index in [1.165, 1.54) is 0 Å². The average molecular weight is 239 g/mol. The first-order chi connectivity index (χ1) is 8.63. The highest BCUT2D eigenvalue weighted by molar-refractivity contribution is 5.99. The van der Waals surface area contributed by atoms with E-state index >= 15 is 0 Å². The molecule has 0 bridgehead atoms. The molecular formula is C14H13N3O. The Morgan fingerprint density at radius 2 is 2.11 bits per heavy atom. The molecule has 1 aromatic carbocycles. The summed E-state index contributed by atoms with van der Waals surface area (Å²) in [5.41, 5.74) is 4.68. The summed E-state index contributed by atoms with van der Waals surface area (Å²) in [6.45, 7) is 3.89. The minimum Gasteiger partial charge on any atom is -0.325 e. The number of aromatic nitrogens is 2. The highest BCUT2D eigenvalue weighted by Crippen LogP contribution is 2.32. The summed E-state index contributed by atoms with van der Waals surface area (Å²) >= 11 is 0. The number of carbonyl (C=O) groups excluding carboxylic acids is 1. The largest absolute Gasteiger partial charge is 0.325 e. The number of nitrogens with zero attached hydrogens (tertiary/aromatic N) is 2. The average Bonchev–Trinajstić information content (AvgIpc) is 2.46. The van der Waals surface area contributed by atoms with Crippen LogP contribution in [0, 0.1) is 13.8 Å². The van der Waals surface area contributed by atoms with Gasteiger partial charge in [0.05, 0.1) is 17.8 Å². The Kier molecular flexibility index (Phi) is 2.37. The Morgan fingerprint density at radius 3 is 2.94 bits per heavy atom. The molecule has 0 spiro atoms. The second-order valence-corrected chi connectivity index (χ2v) is 4.57.